The van der Waals surface area contributed by atoms with E-state index in [0.717, 1.165) is 11.1 Å². The quantitative estimate of drug-likeness (QED) is 0.912. The molecule has 0 amide bonds. The second-order valence-electron chi connectivity index (χ2n) is 4.81. The Balaban J connectivity index is 2.43. The molecule has 0 aliphatic heterocycles. The molecule has 0 aliphatic carbocycles. The van der Waals surface area contributed by atoms with E-state index in [1.165, 1.54) is 11.3 Å². The molecular weight excluding hydrogens is 294 g/mol. The second kappa shape index (κ2) is 5.55. The molecular formula is C14H17NO3S2. The van der Waals surface area contributed by atoms with Crippen molar-refractivity contribution in [3.8, 4) is 0 Å². The summed E-state index contributed by atoms with van der Waals surface area (Å²) in [4.78, 5) is 0.642. The van der Waals surface area contributed by atoms with Crippen molar-refractivity contribution in [2.24, 2.45) is 0 Å². The van der Waals surface area contributed by atoms with Crippen molar-refractivity contribution in [3.05, 3.63) is 45.1 Å². The van der Waals surface area contributed by atoms with Crippen molar-refractivity contribution in [2.45, 2.75) is 32.3 Å². The zero-order valence-electron chi connectivity index (χ0n) is 11.6. The molecule has 0 saturated heterocycles. The largest absolute Gasteiger partial charge is 0.391 e. The average Bonchev–Trinajstić information content (AvgIpc) is 2.69. The SMILES string of the molecule is Cc1cc(C)cc(NS(=O)(=O)c2c(C)csc2CO)c1. The lowest BCUT2D eigenvalue weighted by Crippen LogP contribution is -2.15. The standard InChI is InChI=1S/C14H17NO3S2/c1-9-4-10(2)6-12(5-9)15-20(17,18)14-11(3)8-19-13(14)7-16/h4-6,8,15-16H,7H2,1-3H3. The fraction of sp³-hybridized carbons (Fsp3) is 0.286. The van der Waals surface area contributed by atoms with E-state index >= 15 is 0 Å². The fourth-order valence-corrected chi connectivity index (χ4v) is 4.90. The third-order valence-electron chi connectivity index (χ3n) is 2.88. The van der Waals surface area contributed by atoms with Crippen LogP contribution in [0.25, 0.3) is 0 Å². The number of aliphatic hydroxyl groups excluding tert-OH is 1. The van der Waals surface area contributed by atoms with Crippen LogP contribution in [0.5, 0.6) is 0 Å². The molecule has 1 aromatic carbocycles. The first kappa shape index (κ1) is 15.0. The number of aryl methyl sites for hydroxylation is 3. The number of sulfonamides is 1. The summed E-state index contributed by atoms with van der Waals surface area (Å²) < 4.78 is 27.5. The van der Waals surface area contributed by atoms with E-state index in [0.29, 0.717) is 16.1 Å². The maximum absolute atomic E-state index is 12.5. The van der Waals surface area contributed by atoms with E-state index < -0.39 is 10.0 Å². The summed E-state index contributed by atoms with van der Waals surface area (Å²) in [5.74, 6) is 0. The number of rotatable bonds is 4. The molecule has 0 unspecified atom stereocenters. The number of hydrogen-bond acceptors (Lipinski definition) is 4. The van der Waals surface area contributed by atoms with Crippen molar-refractivity contribution < 1.29 is 13.5 Å². The van der Waals surface area contributed by atoms with E-state index in [9.17, 15) is 13.5 Å². The van der Waals surface area contributed by atoms with Gasteiger partial charge in [-0.2, -0.15) is 0 Å². The predicted octanol–water partition coefficient (Wildman–Crippen LogP) is 2.97. The zero-order valence-corrected chi connectivity index (χ0v) is 13.2. The molecule has 20 heavy (non-hydrogen) atoms. The summed E-state index contributed by atoms with van der Waals surface area (Å²) in [6, 6.07) is 5.54. The Labute approximate surface area is 123 Å². The topological polar surface area (TPSA) is 66.4 Å². The molecule has 0 fully saturated rings. The van der Waals surface area contributed by atoms with Crippen LogP contribution >= 0.6 is 11.3 Å². The Morgan fingerprint density at radius 1 is 1.15 bits per heavy atom. The molecule has 1 heterocycles. The smallest absolute Gasteiger partial charge is 0.263 e. The van der Waals surface area contributed by atoms with Gasteiger partial charge in [-0.25, -0.2) is 8.42 Å². The molecule has 0 atom stereocenters. The third kappa shape index (κ3) is 3.03. The van der Waals surface area contributed by atoms with Crippen LogP contribution in [0.1, 0.15) is 21.6 Å². The van der Waals surface area contributed by atoms with Gasteiger partial charge in [0.15, 0.2) is 0 Å². The predicted molar refractivity (Wildman–Crippen MR) is 81.7 cm³/mol. The zero-order chi connectivity index (χ0) is 14.9. The van der Waals surface area contributed by atoms with E-state index in [4.69, 9.17) is 0 Å². The van der Waals surface area contributed by atoms with E-state index in [2.05, 4.69) is 4.72 Å². The van der Waals surface area contributed by atoms with Gasteiger partial charge in [-0.3, -0.25) is 4.72 Å². The normalized spacial score (nSPS) is 11.6. The van der Waals surface area contributed by atoms with Gasteiger partial charge in [-0.1, -0.05) is 6.07 Å². The van der Waals surface area contributed by atoms with Crippen LogP contribution < -0.4 is 4.72 Å². The Kier molecular flexibility index (Phi) is 4.17. The van der Waals surface area contributed by atoms with Crippen LogP contribution in [0.4, 0.5) is 5.69 Å². The lowest BCUT2D eigenvalue weighted by molar-refractivity contribution is 0.282. The van der Waals surface area contributed by atoms with Crippen LogP contribution in [0, 0.1) is 20.8 Å². The van der Waals surface area contributed by atoms with Crippen molar-refractivity contribution in [3.63, 3.8) is 0 Å². The summed E-state index contributed by atoms with van der Waals surface area (Å²) in [5, 5.41) is 11.0. The van der Waals surface area contributed by atoms with Crippen LogP contribution in [0.2, 0.25) is 0 Å². The van der Waals surface area contributed by atoms with Gasteiger partial charge in [-0.15, -0.1) is 11.3 Å². The molecule has 6 heteroatoms. The van der Waals surface area contributed by atoms with Gasteiger partial charge in [-0.05, 0) is 55.0 Å². The molecule has 1 aromatic heterocycles. The summed E-state index contributed by atoms with van der Waals surface area (Å²) in [5.41, 5.74) is 3.17. The number of anilines is 1. The Morgan fingerprint density at radius 2 is 1.75 bits per heavy atom. The average molecular weight is 311 g/mol. The highest BCUT2D eigenvalue weighted by molar-refractivity contribution is 7.93. The van der Waals surface area contributed by atoms with Crippen molar-refractivity contribution in [1.82, 2.24) is 0 Å². The van der Waals surface area contributed by atoms with Gasteiger partial charge in [0.2, 0.25) is 0 Å². The van der Waals surface area contributed by atoms with E-state index in [1.54, 1.807) is 24.4 Å². The Hall–Kier alpha value is -1.37. The summed E-state index contributed by atoms with van der Waals surface area (Å²) in [7, 11) is -3.68. The summed E-state index contributed by atoms with van der Waals surface area (Å²) in [6.07, 6.45) is 0. The van der Waals surface area contributed by atoms with Gasteiger partial charge in [0, 0.05) is 5.69 Å². The highest BCUT2D eigenvalue weighted by Gasteiger charge is 2.22. The maximum atomic E-state index is 12.5. The molecule has 0 radical (unpaired) electrons. The first-order valence-corrected chi connectivity index (χ1v) is 8.48. The van der Waals surface area contributed by atoms with E-state index in [-0.39, 0.29) is 11.5 Å². The summed E-state index contributed by atoms with van der Waals surface area (Å²) >= 11 is 1.25. The number of thiophene rings is 1. The fourth-order valence-electron chi connectivity index (χ4n) is 2.20. The molecule has 4 nitrogen and oxygen atoms in total. The lowest BCUT2D eigenvalue weighted by Gasteiger charge is -2.11. The first-order valence-electron chi connectivity index (χ1n) is 6.12. The first-order chi connectivity index (χ1) is 9.33. The number of aliphatic hydroxyl groups is 1. The minimum Gasteiger partial charge on any atom is -0.391 e. The van der Waals surface area contributed by atoms with Gasteiger partial charge in [0.1, 0.15) is 4.90 Å². The van der Waals surface area contributed by atoms with Crippen molar-refractivity contribution in [1.29, 1.82) is 0 Å². The molecule has 0 bridgehead atoms. The molecule has 0 spiro atoms. The molecule has 2 aromatic rings. The van der Waals surface area contributed by atoms with Gasteiger partial charge < -0.3 is 5.11 Å². The van der Waals surface area contributed by atoms with Crippen LogP contribution in [0.3, 0.4) is 0 Å². The van der Waals surface area contributed by atoms with Crippen molar-refractivity contribution >= 4 is 27.0 Å². The lowest BCUT2D eigenvalue weighted by atomic mass is 10.1. The highest BCUT2D eigenvalue weighted by atomic mass is 32.2. The second-order valence-corrected chi connectivity index (χ2v) is 7.39. The van der Waals surface area contributed by atoms with Crippen LogP contribution in [-0.2, 0) is 16.6 Å². The van der Waals surface area contributed by atoms with E-state index in [1.807, 2.05) is 19.9 Å². The number of hydrogen-bond donors (Lipinski definition) is 2. The minimum atomic E-state index is -3.68. The number of nitrogens with one attached hydrogen (secondary N) is 1. The van der Waals surface area contributed by atoms with Crippen LogP contribution in [0.15, 0.2) is 28.5 Å². The van der Waals surface area contributed by atoms with Gasteiger partial charge >= 0.3 is 0 Å². The molecule has 2 N–H and O–H groups in total. The molecule has 108 valence electrons. The molecule has 0 saturated carbocycles. The third-order valence-corrected chi connectivity index (χ3v) is 5.70. The Bertz CT molecular complexity index is 713. The summed E-state index contributed by atoms with van der Waals surface area (Å²) in [6.45, 7) is 5.28. The van der Waals surface area contributed by atoms with Crippen LogP contribution in [-0.4, -0.2) is 13.5 Å². The maximum Gasteiger partial charge on any atom is 0.263 e. The Morgan fingerprint density at radius 3 is 2.30 bits per heavy atom. The molecule has 2 rings (SSSR count). The van der Waals surface area contributed by atoms with Gasteiger partial charge in [0.05, 0.1) is 11.5 Å². The van der Waals surface area contributed by atoms with Crippen molar-refractivity contribution in [2.75, 3.05) is 4.72 Å². The highest BCUT2D eigenvalue weighted by Crippen LogP contribution is 2.29. The number of benzene rings is 1. The van der Waals surface area contributed by atoms with Gasteiger partial charge in [0.25, 0.3) is 10.0 Å². The monoisotopic (exact) mass is 311 g/mol. The minimum absolute atomic E-state index is 0.184. The molecule has 0 aliphatic rings.